The molecule has 40 heavy (non-hydrogen) atoms. The highest BCUT2D eigenvalue weighted by molar-refractivity contribution is 6.10. The molecule has 0 saturated heterocycles. The van der Waals surface area contributed by atoms with Crippen molar-refractivity contribution in [2.24, 2.45) is 0 Å². The van der Waals surface area contributed by atoms with Gasteiger partial charge in [0.2, 0.25) is 0 Å². The average molecular weight is 511 g/mol. The maximum atomic E-state index is 10.5. The second-order valence-electron chi connectivity index (χ2n) is 9.95. The molecule has 0 fully saturated rings. The van der Waals surface area contributed by atoms with Gasteiger partial charge in [-0.05, 0) is 42.5 Å². The standard InChI is InChI=1S/C36H22N4/c37-23-30-25(14-9-19-36(30)40-34-17-7-3-12-28(34)29-13-4-8-18-35(29)40)31-22-24(20-21-38-31)39-32-15-5-1-10-26(32)27-11-2-6-16-33(27)39/h1-22H. The number of hydrogen-bond acceptors (Lipinski definition) is 2. The van der Waals surface area contributed by atoms with Crippen LogP contribution in [0.4, 0.5) is 0 Å². The monoisotopic (exact) mass is 510 g/mol. The van der Waals surface area contributed by atoms with Crippen molar-refractivity contribution in [2.45, 2.75) is 0 Å². The lowest BCUT2D eigenvalue weighted by Crippen LogP contribution is -2.01. The summed E-state index contributed by atoms with van der Waals surface area (Å²) in [5, 5.41) is 15.3. The molecular formula is C36H22N4. The number of aromatic nitrogens is 3. The Bertz CT molecular complexity index is 2190. The minimum Gasteiger partial charge on any atom is -0.309 e. The van der Waals surface area contributed by atoms with Gasteiger partial charge in [-0.15, -0.1) is 0 Å². The molecule has 0 bridgehead atoms. The molecule has 0 amide bonds. The second-order valence-corrected chi connectivity index (χ2v) is 9.95. The Morgan fingerprint density at radius 3 is 1.55 bits per heavy atom. The number of rotatable bonds is 3. The summed E-state index contributed by atoms with van der Waals surface area (Å²) >= 11 is 0. The normalized spacial score (nSPS) is 11.5. The van der Waals surface area contributed by atoms with Crippen LogP contribution in [0.1, 0.15) is 5.56 Å². The molecule has 3 aromatic heterocycles. The quantitative estimate of drug-likeness (QED) is 0.238. The molecule has 0 aliphatic heterocycles. The van der Waals surface area contributed by atoms with Crippen molar-refractivity contribution in [3.05, 3.63) is 139 Å². The van der Waals surface area contributed by atoms with E-state index in [2.05, 4.69) is 106 Å². The van der Waals surface area contributed by atoms with Crippen LogP contribution in [0, 0.1) is 11.3 Å². The van der Waals surface area contributed by atoms with E-state index in [1.54, 1.807) is 0 Å². The zero-order valence-electron chi connectivity index (χ0n) is 21.5. The predicted octanol–water partition coefficient (Wildman–Crippen LogP) is 8.81. The predicted molar refractivity (Wildman–Crippen MR) is 163 cm³/mol. The Morgan fingerprint density at radius 2 is 1.02 bits per heavy atom. The molecule has 0 atom stereocenters. The Labute approximate surface area is 230 Å². The minimum absolute atomic E-state index is 0.598. The third kappa shape index (κ3) is 3.15. The van der Waals surface area contributed by atoms with Crippen molar-refractivity contribution in [3.8, 4) is 28.7 Å². The van der Waals surface area contributed by atoms with Crippen molar-refractivity contribution < 1.29 is 0 Å². The molecule has 0 unspecified atom stereocenters. The molecular weight excluding hydrogens is 488 g/mol. The molecule has 0 aliphatic rings. The van der Waals surface area contributed by atoms with E-state index in [4.69, 9.17) is 4.98 Å². The van der Waals surface area contributed by atoms with E-state index < -0.39 is 0 Å². The number of hydrogen-bond donors (Lipinski definition) is 0. The van der Waals surface area contributed by atoms with Crippen molar-refractivity contribution in [2.75, 3.05) is 0 Å². The molecule has 0 N–H and O–H groups in total. The molecule has 0 saturated carbocycles. The summed E-state index contributed by atoms with van der Waals surface area (Å²) in [4.78, 5) is 4.76. The van der Waals surface area contributed by atoms with Gasteiger partial charge < -0.3 is 9.13 Å². The second kappa shape index (κ2) is 8.69. The van der Waals surface area contributed by atoms with Crippen LogP contribution in [-0.2, 0) is 0 Å². The molecule has 186 valence electrons. The Kier molecular flexibility index (Phi) is 4.85. The number of nitriles is 1. The van der Waals surface area contributed by atoms with Crippen molar-refractivity contribution in [3.63, 3.8) is 0 Å². The van der Waals surface area contributed by atoms with Gasteiger partial charge in [0, 0.05) is 39.0 Å². The highest BCUT2D eigenvalue weighted by Crippen LogP contribution is 2.37. The van der Waals surface area contributed by atoms with Crippen LogP contribution in [0.25, 0.3) is 66.2 Å². The van der Waals surface area contributed by atoms with Crippen LogP contribution in [0.15, 0.2) is 134 Å². The van der Waals surface area contributed by atoms with Crippen LogP contribution >= 0.6 is 0 Å². The lowest BCUT2D eigenvalue weighted by Gasteiger charge is -2.14. The minimum atomic E-state index is 0.598. The van der Waals surface area contributed by atoms with Gasteiger partial charge in [0.25, 0.3) is 0 Å². The van der Waals surface area contributed by atoms with Crippen LogP contribution in [0.2, 0.25) is 0 Å². The van der Waals surface area contributed by atoms with E-state index in [9.17, 15) is 5.26 Å². The van der Waals surface area contributed by atoms with Gasteiger partial charge in [0.15, 0.2) is 0 Å². The fourth-order valence-corrected chi connectivity index (χ4v) is 6.15. The van der Waals surface area contributed by atoms with Gasteiger partial charge in [-0.1, -0.05) is 84.9 Å². The van der Waals surface area contributed by atoms with Gasteiger partial charge in [-0.25, -0.2) is 0 Å². The zero-order chi connectivity index (χ0) is 26.6. The first-order chi connectivity index (χ1) is 19.8. The summed E-state index contributed by atoms with van der Waals surface area (Å²) in [5.41, 5.74) is 8.45. The molecule has 4 nitrogen and oxygen atoms in total. The summed E-state index contributed by atoms with van der Waals surface area (Å²) < 4.78 is 4.47. The SMILES string of the molecule is N#Cc1c(-c2cc(-n3c4ccccc4c4ccccc43)ccn2)cccc1-n1c2ccccc2c2ccccc21. The van der Waals surface area contributed by atoms with E-state index in [-0.39, 0.29) is 0 Å². The molecule has 8 rings (SSSR count). The fraction of sp³-hybridized carbons (Fsp3) is 0. The molecule has 0 spiro atoms. The Hall–Kier alpha value is -5.66. The summed E-state index contributed by atoms with van der Waals surface area (Å²) in [6.07, 6.45) is 1.84. The third-order valence-corrected chi connectivity index (χ3v) is 7.83. The highest BCUT2D eigenvalue weighted by atomic mass is 15.0. The van der Waals surface area contributed by atoms with Crippen LogP contribution in [0.5, 0.6) is 0 Å². The first kappa shape index (κ1) is 22.3. The average Bonchev–Trinajstić information content (AvgIpc) is 3.54. The number of para-hydroxylation sites is 4. The van der Waals surface area contributed by atoms with Gasteiger partial charge in [-0.2, -0.15) is 5.26 Å². The summed E-state index contributed by atoms with van der Waals surface area (Å²) in [6.45, 7) is 0. The topological polar surface area (TPSA) is 46.5 Å². The lowest BCUT2D eigenvalue weighted by molar-refractivity contribution is 1.15. The maximum absolute atomic E-state index is 10.5. The maximum Gasteiger partial charge on any atom is 0.102 e. The molecule has 0 aliphatic carbocycles. The highest BCUT2D eigenvalue weighted by Gasteiger charge is 2.18. The van der Waals surface area contributed by atoms with Crippen molar-refractivity contribution in [1.82, 2.24) is 14.1 Å². The summed E-state index contributed by atoms with van der Waals surface area (Å²) in [7, 11) is 0. The molecule has 4 heteroatoms. The third-order valence-electron chi connectivity index (χ3n) is 7.83. The van der Waals surface area contributed by atoms with Gasteiger partial charge in [0.1, 0.15) is 6.07 Å². The summed E-state index contributed by atoms with van der Waals surface area (Å²) in [6, 6.07) is 46.3. The van der Waals surface area contributed by atoms with Crippen molar-refractivity contribution >= 4 is 43.6 Å². The number of pyridine rings is 1. The molecule has 8 aromatic rings. The van der Waals surface area contributed by atoms with E-state index >= 15 is 0 Å². The molecule has 3 heterocycles. The number of fused-ring (bicyclic) bond motifs is 6. The van der Waals surface area contributed by atoms with Crippen molar-refractivity contribution in [1.29, 1.82) is 5.26 Å². The van der Waals surface area contributed by atoms with Crippen LogP contribution < -0.4 is 0 Å². The van der Waals surface area contributed by atoms with Gasteiger partial charge in [-0.3, -0.25) is 4.98 Å². The largest absolute Gasteiger partial charge is 0.309 e. The first-order valence-electron chi connectivity index (χ1n) is 13.3. The molecule has 0 radical (unpaired) electrons. The Balaban J connectivity index is 1.37. The molecule has 5 aromatic carbocycles. The van der Waals surface area contributed by atoms with E-state index in [1.165, 1.54) is 21.5 Å². The Morgan fingerprint density at radius 1 is 0.525 bits per heavy atom. The van der Waals surface area contributed by atoms with E-state index in [0.29, 0.717) is 5.56 Å². The fourth-order valence-electron chi connectivity index (χ4n) is 6.15. The van der Waals surface area contributed by atoms with Gasteiger partial charge in [0.05, 0.1) is 39.0 Å². The lowest BCUT2D eigenvalue weighted by atomic mass is 10.0. The smallest absolute Gasteiger partial charge is 0.102 e. The summed E-state index contributed by atoms with van der Waals surface area (Å²) in [5.74, 6) is 0. The van der Waals surface area contributed by atoms with Gasteiger partial charge >= 0.3 is 0 Å². The number of nitrogens with zero attached hydrogens (tertiary/aromatic N) is 4. The van der Waals surface area contributed by atoms with E-state index in [1.807, 2.05) is 42.6 Å². The van der Waals surface area contributed by atoms with E-state index in [0.717, 1.165) is 44.7 Å². The van der Waals surface area contributed by atoms with Crippen LogP contribution in [0.3, 0.4) is 0 Å². The first-order valence-corrected chi connectivity index (χ1v) is 13.3. The number of benzene rings is 5. The van der Waals surface area contributed by atoms with Crippen LogP contribution in [-0.4, -0.2) is 14.1 Å². The zero-order valence-corrected chi connectivity index (χ0v) is 21.5.